The number of nitrogens with zero attached hydrogens (tertiary/aromatic N) is 2. The van der Waals surface area contributed by atoms with E-state index in [0.29, 0.717) is 0 Å². The molecule has 1 aromatic carbocycles. The van der Waals surface area contributed by atoms with Crippen LogP contribution < -0.4 is 4.74 Å². The molecule has 21 heavy (non-hydrogen) atoms. The molecule has 0 aliphatic carbocycles. The number of ether oxygens (including phenoxy) is 1. The Morgan fingerprint density at radius 3 is 2.33 bits per heavy atom. The molecular formula is C17H24N2OS. The van der Waals surface area contributed by atoms with Crippen LogP contribution in [0.5, 0.6) is 5.75 Å². The molecule has 0 aliphatic heterocycles. The Labute approximate surface area is 131 Å². The van der Waals surface area contributed by atoms with Crippen LogP contribution in [0.25, 0.3) is 10.6 Å². The van der Waals surface area contributed by atoms with Crippen molar-refractivity contribution < 1.29 is 4.74 Å². The lowest BCUT2D eigenvalue weighted by atomic mass is 10.1. The third-order valence-corrected chi connectivity index (χ3v) is 4.22. The highest BCUT2D eigenvalue weighted by Crippen LogP contribution is 2.23. The number of hydrogen-bond donors (Lipinski definition) is 0. The van der Waals surface area contributed by atoms with Gasteiger partial charge in [-0.2, -0.15) is 0 Å². The minimum Gasteiger partial charge on any atom is -0.494 e. The zero-order chi connectivity index (χ0) is 14.8. The first-order valence-corrected chi connectivity index (χ1v) is 8.77. The topological polar surface area (TPSA) is 35.0 Å². The molecule has 0 N–H and O–H groups in total. The standard InChI is InChI=1S/C17H24N2OS/c1-2-3-4-5-6-7-8-13-20-16-11-9-15(10-12-16)17-19-18-14-21-17/h9-12,14H,2-8,13H2,1H3. The molecule has 0 amide bonds. The smallest absolute Gasteiger partial charge is 0.147 e. The van der Waals surface area contributed by atoms with Crippen molar-refractivity contribution in [2.75, 3.05) is 6.61 Å². The predicted octanol–water partition coefficient (Wildman–Crippen LogP) is 5.33. The van der Waals surface area contributed by atoms with Gasteiger partial charge in [0.15, 0.2) is 0 Å². The molecule has 1 heterocycles. The predicted molar refractivity (Wildman–Crippen MR) is 88.8 cm³/mol. The van der Waals surface area contributed by atoms with E-state index in [1.807, 2.05) is 24.3 Å². The van der Waals surface area contributed by atoms with Gasteiger partial charge in [-0.05, 0) is 30.7 Å². The summed E-state index contributed by atoms with van der Waals surface area (Å²) in [4.78, 5) is 0. The van der Waals surface area contributed by atoms with Crippen LogP contribution in [0, 0.1) is 0 Å². The number of benzene rings is 1. The van der Waals surface area contributed by atoms with Crippen molar-refractivity contribution in [3.05, 3.63) is 29.8 Å². The minimum absolute atomic E-state index is 0.811. The third-order valence-electron chi connectivity index (χ3n) is 3.48. The average Bonchev–Trinajstić information content (AvgIpc) is 3.05. The minimum atomic E-state index is 0.811. The maximum Gasteiger partial charge on any atom is 0.147 e. The van der Waals surface area contributed by atoms with E-state index in [-0.39, 0.29) is 0 Å². The van der Waals surface area contributed by atoms with Gasteiger partial charge in [0.05, 0.1) is 6.61 Å². The monoisotopic (exact) mass is 304 g/mol. The highest BCUT2D eigenvalue weighted by Gasteiger charge is 2.01. The second-order valence-corrected chi connectivity index (χ2v) is 6.07. The molecule has 2 rings (SSSR count). The first-order chi connectivity index (χ1) is 10.4. The molecule has 0 radical (unpaired) electrons. The lowest BCUT2D eigenvalue weighted by Gasteiger charge is -2.06. The first kappa shape index (κ1) is 16.0. The van der Waals surface area contributed by atoms with E-state index in [1.165, 1.54) is 38.5 Å². The summed E-state index contributed by atoms with van der Waals surface area (Å²) < 4.78 is 5.77. The van der Waals surface area contributed by atoms with Gasteiger partial charge in [-0.25, -0.2) is 0 Å². The Morgan fingerprint density at radius 1 is 0.952 bits per heavy atom. The van der Waals surface area contributed by atoms with Crippen molar-refractivity contribution >= 4 is 11.3 Å². The molecule has 114 valence electrons. The second-order valence-electron chi connectivity index (χ2n) is 5.24. The zero-order valence-electron chi connectivity index (χ0n) is 12.8. The van der Waals surface area contributed by atoms with Gasteiger partial charge in [0.1, 0.15) is 16.3 Å². The van der Waals surface area contributed by atoms with Crippen molar-refractivity contribution in [1.29, 1.82) is 0 Å². The average molecular weight is 304 g/mol. The molecule has 3 nitrogen and oxygen atoms in total. The molecular weight excluding hydrogens is 280 g/mol. The van der Waals surface area contributed by atoms with Crippen LogP contribution in [0.1, 0.15) is 51.9 Å². The maximum atomic E-state index is 5.77. The Bertz CT molecular complexity index is 482. The highest BCUT2D eigenvalue weighted by atomic mass is 32.1. The van der Waals surface area contributed by atoms with Crippen molar-refractivity contribution in [3.63, 3.8) is 0 Å². The molecule has 0 saturated carbocycles. The van der Waals surface area contributed by atoms with E-state index in [0.717, 1.165) is 29.3 Å². The van der Waals surface area contributed by atoms with Crippen molar-refractivity contribution in [1.82, 2.24) is 10.2 Å². The molecule has 0 saturated heterocycles. The van der Waals surface area contributed by atoms with Gasteiger partial charge in [-0.1, -0.05) is 56.8 Å². The van der Waals surface area contributed by atoms with E-state index >= 15 is 0 Å². The highest BCUT2D eigenvalue weighted by molar-refractivity contribution is 7.12. The van der Waals surface area contributed by atoms with Gasteiger partial charge in [0, 0.05) is 5.56 Å². The molecule has 0 aliphatic rings. The largest absolute Gasteiger partial charge is 0.494 e. The normalized spacial score (nSPS) is 10.7. The quantitative estimate of drug-likeness (QED) is 0.556. The lowest BCUT2D eigenvalue weighted by molar-refractivity contribution is 0.304. The summed E-state index contributed by atoms with van der Waals surface area (Å²) in [5.74, 6) is 0.939. The molecule has 4 heteroatoms. The molecule has 2 aromatic rings. The van der Waals surface area contributed by atoms with Crippen molar-refractivity contribution in [3.8, 4) is 16.3 Å². The molecule has 1 aromatic heterocycles. The number of aromatic nitrogens is 2. The van der Waals surface area contributed by atoms with E-state index < -0.39 is 0 Å². The summed E-state index contributed by atoms with van der Waals surface area (Å²) in [5.41, 5.74) is 2.85. The van der Waals surface area contributed by atoms with Crippen molar-refractivity contribution in [2.45, 2.75) is 51.9 Å². The number of rotatable bonds is 10. The Balaban J connectivity index is 1.61. The SMILES string of the molecule is CCCCCCCCCOc1ccc(-c2nncs2)cc1. The van der Waals surface area contributed by atoms with Crippen LogP contribution in [0.15, 0.2) is 29.8 Å². The van der Waals surface area contributed by atoms with Gasteiger partial charge in [0.25, 0.3) is 0 Å². The Hall–Kier alpha value is -1.42. The summed E-state index contributed by atoms with van der Waals surface area (Å²) in [5, 5.41) is 8.87. The zero-order valence-corrected chi connectivity index (χ0v) is 13.6. The number of hydrogen-bond acceptors (Lipinski definition) is 4. The van der Waals surface area contributed by atoms with Gasteiger partial charge in [0.2, 0.25) is 0 Å². The first-order valence-electron chi connectivity index (χ1n) is 7.89. The van der Waals surface area contributed by atoms with E-state index in [9.17, 15) is 0 Å². The van der Waals surface area contributed by atoms with Crippen LogP contribution in [-0.2, 0) is 0 Å². The summed E-state index contributed by atoms with van der Waals surface area (Å²) in [7, 11) is 0. The van der Waals surface area contributed by atoms with Crippen LogP contribution in [0.3, 0.4) is 0 Å². The molecule has 0 spiro atoms. The number of unbranched alkanes of at least 4 members (excludes halogenated alkanes) is 6. The molecule has 0 atom stereocenters. The van der Waals surface area contributed by atoms with Gasteiger partial charge in [-0.3, -0.25) is 0 Å². The summed E-state index contributed by atoms with van der Waals surface area (Å²) in [6, 6.07) is 8.11. The van der Waals surface area contributed by atoms with Gasteiger partial charge < -0.3 is 4.74 Å². The Morgan fingerprint density at radius 2 is 1.67 bits per heavy atom. The van der Waals surface area contributed by atoms with Crippen molar-refractivity contribution in [2.24, 2.45) is 0 Å². The van der Waals surface area contributed by atoms with Crippen LogP contribution in [0.4, 0.5) is 0 Å². The lowest BCUT2D eigenvalue weighted by Crippen LogP contribution is -1.97. The fourth-order valence-electron chi connectivity index (χ4n) is 2.24. The van der Waals surface area contributed by atoms with Gasteiger partial charge >= 0.3 is 0 Å². The van der Waals surface area contributed by atoms with Crippen LogP contribution in [-0.4, -0.2) is 16.8 Å². The summed E-state index contributed by atoms with van der Waals surface area (Å²) >= 11 is 1.55. The maximum absolute atomic E-state index is 5.77. The summed E-state index contributed by atoms with van der Waals surface area (Å²) in [6.45, 7) is 3.07. The van der Waals surface area contributed by atoms with E-state index in [2.05, 4.69) is 17.1 Å². The fraction of sp³-hybridized carbons (Fsp3) is 0.529. The van der Waals surface area contributed by atoms with E-state index in [1.54, 1.807) is 16.8 Å². The molecule has 0 unspecified atom stereocenters. The fourth-order valence-corrected chi connectivity index (χ4v) is 2.80. The molecule has 0 fully saturated rings. The molecule has 0 bridgehead atoms. The van der Waals surface area contributed by atoms with Crippen LogP contribution in [0.2, 0.25) is 0 Å². The van der Waals surface area contributed by atoms with Crippen LogP contribution >= 0.6 is 11.3 Å². The Kier molecular flexibility index (Phi) is 7.22. The van der Waals surface area contributed by atoms with Gasteiger partial charge in [-0.15, -0.1) is 10.2 Å². The summed E-state index contributed by atoms with van der Waals surface area (Å²) in [6.07, 6.45) is 9.18. The third kappa shape index (κ3) is 5.84. The van der Waals surface area contributed by atoms with E-state index in [4.69, 9.17) is 4.74 Å². The second kappa shape index (κ2) is 9.50.